The fraction of sp³-hybridized carbons (Fsp3) is 0.500. The quantitative estimate of drug-likeness (QED) is 0.419. The number of aryl methyl sites for hydroxylation is 2. The van der Waals surface area contributed by atoms with E-state index in [1.807, 2.05) is 24.1 Å². The van der Waals surface area contributed by atoms with Crippen LogP contribution < -0.4 is 10.5 Å². The van der Waals surface area contributed by atoms with Crippen LogP contribution in [-0.4, -0.2) is 18.3 Å². The average molecular weight is 415 g/mol. The Balaban J connectivity index is 1.38. The molecule has 150 valence electrons. The predicted octanol–water partition coefficient (Wildman–Crippen LogP) is 5.52. The largest absolute Gasteiger partial charge is 0.327 e. The molecule has 1 saturated carbocycles. The highest BCUT2D eigenvalue weighted by molar-refractivity contribution is 7.97. The first kappa shape index (κ1) is 20.3. The van der Waals surface area contributed by atoms with Crippen molar-refractivity contribution in [3.8, 4) is 0 Å². The molecule has 2 aromatic rings. The van der Waals surface area contributed by atoms with Gasteiger partial charge in [-0.25, -0.2) is 0 Å². The smallest absolute Gasteiger partial charge is 0.0438 e. The summed E-state index contributed by atoms with van der Waals surface area (Å²) in [4.78, 5) is 0. The normalized spacial score (nSPS) is 21.5. The zero-order chi connectivity index (χ0) is 19.3. The van der Waals surface area contributed by atoms with Crippen molar-refractivity contribution >= 4 is 23.5 Å². The lowest BCUT2D eigenvalue weighted by Crippen LogP contribution is -2.34. The van der Waals surface area contributed by atoms with Crippen molar-refractivity contribution in [1.82, 2.24) is 4.72 Å². The third kappa shape index (κ3) is 5.33. The third-order valence-electron chi connectivity index (χ3n) is 6.13. The standard InChI is InChI=1S/C24H31ClN2S/c25-23-6-2-1-5-20(23)15-22-21-14-17(9-10-19(21)11-12-24(22)26)4-3-13-27-28-16-18-7-8-18/h1-2,5-6,9-10,14,18,22,24,27H,3-4,7-8,11-13,15-16,26H2. The van der Waals surface area contributed by atoms with Gasteiger partial charge in [-0.3, -0.25) is 4.72 Å². The second-order valence-corrected chi connectivity index (χ2v) is 9.71. The lowest BCUT2D eigenvalue weighted by Gasteiger charge is -2.32. The van der Waals surface area contributed by atoms with Crippen LogP contribution in [0.3, 0.4) is 0 Å². The Labute approximate surface area is 178 Å². The van der Waals surface area contributed by atoms with Crippen LogP contribution in [0.4, 0.5) is 0 Å². The van der Waals surface area contributed by atoms with Crippen molar-refractivity contribution in [3.63, 3.8) is 0 Å². The van der Waals surface area contributed by atoms with Gasteiger partial charge in [-0.2, -0.15) is 0 Å². The Bertz CT molecular complexity index is 790. The van der Waals surface area contributed by atoms with E-state index < -0.39 is 0 Å². The number of hydrogen-bond acceptors (Lipinski definition) is 3. The second-order valence-electron chi connectivity index (χ2n) is 8.39. The molecule has 2 aromatic carbocycles. The molecule has 2 unspecified atom stereocenters. The minimum atomic E-state index is 0.208. The van der Waals surface area contributed by atoms with Crippen molar-refractivity contribution in [2.45, 2.75) is 56.9 Å². The van der Waals surface area contributed by atoms with Gasteiger partial charge in [0.1, 0.15) is 0 Å². The zero-order valence-electron chi connectivity index (χ0n) is 16.5. The maximum absolute atomic E-state index is 6.57. The van der Waals surface area contributed by atoms with Crippen LogP contribution in [0, 0.1) is 5.92 Å². The van der Waals surface area contributed by atoms with Crippen LogP contribution in [0.2, 0.25) is 5.02 Å². The Kier molecular flexibility index (Phi) is 7.00. The van der Waals surface area contributed by atoms with Crippen LogP contribution >= 0.6 is 23.5 Å². The van der Waals surface area contributed by atoms with Crippen LogP contribution in [0.1, 0.15) is 53.9 Å². The SMILES string of the molecule is NC1CCc2ccc(CCCNSCC3CC3)cc2C1Cc1ccccc1Cl. The molecule has 0 aliphatic heterocycles. The van der Waals surface area contributed by atoms with E-state index in [9.17, 15) is 0 Å². The van der Waals surface area contributed by atoms with Gasteiger partial charge in [0.25, 0.3) is 0 Å². The summed E-state index contributed by atoms with van der Waals surface area (Å²) in [5.74, 6) is 2.62. The van der Waals surface area contributed by atoms with Crippen molar-refractivity contribution in [3.05, 3.63) is 69.7 Å². The number of rotatable bonds is 9. The van der Waals surface area contributed by atoms with Crippen molar-refractivity contribution in [2.75, 3.05) is 12.3 Å². The van der Waals surface area contributed by atoms with Crippen molar-refractivity contribution in [1.29, 1.82) is 0 Å². The first-order valence-electron chi connectivity index (χ1n) is 10.7. The van der Waals surface area contributed by atoms with Crippen LogP contribution in [-0.2, 0) is 19.3 Å². The molecular formula is C24H31ClN2S. The predicted molar refractivity (Wildman–Crippen MR) is 122 cm³/mol. The van der Waals surface area contributed by atoms with E-state index in [4.69, 9.17) is 17.3 Å². The third-order valence-corrected chi connectivity index (χ3v) is 7.55. The average Bonchev–Trinajstić information content (AvgIpc) is 3.53. The highest BCUT2D eigenvalue weighted by Gasteiger charge is 2.28. The fourth-order valence-corrected chi connectivity index (χ4v) is 5.38. The summed E-state index contributed by atoms with van der Waals surface area (Å²) in [6.45, 7) is 1.08. The van der Waals surface area contributed by atoms with Crippen molar-refractivity contribution in [2.24, 2.45) is 11.7 Å². The molecule has 0 spiro atoms. The van der Waals surface area contributed by atoms with E-state index in [0.717, 1.165) is 43.2 Å². The number of nitrogens with one attached hydrogen (secondary N) is 1. The zero-order valence-corrected chi connectivity index (χ0v) is 18.1. The van der Waals surface area contributed by atoms with Gasteiger partial charge >= 0.3 is 0 Å². The summed E-state index contributed by atoms with van der Waals surface area (Å²) in [7, 11) is 0. The van der Waals surface area contributed by atoms with E-state index in [1.165, 1.54) is 47.3 Å². The van der Waals surface area contributed by atoms with Crippen LogP contribution in [0.5, 0.6) is 0 Å². The Morgan fingerprint density at radius 2 is 1.96 bits per heavy atom. The number of halogens is 1. The summed E-state index contributed by atoms with van der Waals surface area (Å²) in [6.07, 6.45) is 8.24. The first-order chi connectivity index (χ1) is 13.7. The second kappa shape index (κ2) is 9.67. The number of fused-ring (bicyclic) bond motifs is 1. The molecule has 4 heteroatoms. The molecule has 0 aromatic heterocycles. The molecule has 28 heavy (non-hydrogen) atoms. The van der Waals surface area contributed by atoms with E-state index >= 15 is 0 Å². The van der Waals surface area contributed by atoms with Gasteiger partial charge in [0.05, 0.1) is 0 Å². The molecule has 0 radical (unpaired) electrons. The maximum atomic E-state index is 6.57. The van der Waals surface area contributed by atoms with Crippen LogP contribution in [0.15, 0.2) is 42.5 Å². The molecular weight excluding hydrogens is 384 g/mol. The minimum Gasteiger partial charge on any atom is -0.327 e. The summed E-state index contributed by atoms with van der Waals surface area (Å²) in [6, 6.07) is 15.5. The molecule has 0 bridgehead atoms. The molecule has 0 saturated heterocycles. The van der Waals surface area contributed by atoms with Gasteiger partial charge in [0.2, 0.25) is 0 Å². The fourth-order valence-electron chi connectivity index (χ4n) is 4.19. The lowest BCUT2D eigenvalue weighted by molar-refractivity contribution is 0.467. The maximum Gasteiger partial charge on any atom is 0.0438 e. The van der Waals surface area contributed by atoms with E-state index in [2.05, 4.69) is 35.1 Å². The van der Waals surface area contributed by atoms with Crippen molar-refractivity contribution < 1.29 is 0 Å². The highest BCUT2D eigenvalue weighted by atomic mass is 35.5. The topological polar surface area (TPSA) is 38.0 Å². The molecule has 4 rings (SSSR count). The molecule has 0 amide bonds. The summed E-state index contributed by atoms with van der Waals surface area (Å²) in [5, 5.41) is 0.854. The molecule has 2 aliphatic rings. The Morgan fingerprint density at radius 3 is 2.79 bits per heavy atom. The van der Waals surface area contributed by atoms with Gasteiger partial charge in [0, 0.05) is 29.3 Å². The highest BCUT2D eigenvalue weighted by Crippen LogP contribution is 2.36. The Hall–Kier alpha value is -1.00. The van der Waals surface area contributed by atoms with Gasteiger partial charge < -0.3 is 5.73 Å². The Morgan fingerprint density at radius 1 is 1.11 bits per heavy atom. The molecule has 3 N–H and O–H groups in total. The molecule has 2 atom stereocenters. The summed E-state index contributed by atoms with van der Waals surface area (Å²) < 4.78 is 3.53. The number of hydrogen-bond donors (Lipinski definition) is 2. The van der Waals surface area contributed by atoms with Gasteiger partial charge in [-0.15, -0.1) is 0 Å². The van der Waals surface area contributed by atoms with E-state index in [-0.39, 0.29) is 6.04 Å². The molecule has 2 nitrogen and oxygen atoms in total. The van der Waals surface area contributed by atoms with Gasteiger partial charge in [0.15, 0.2) is 0 Å². The van der Waals surface area contributed by atoms with E-state index in [1.54, 1.807) is 0 Å². The molecule has 2 aliphatic carbocycles. The summed E-state index contributed by atoms with van der Waals surface area (Å²) in [5.41, 5.74) is 12.1. The monoisotopic (exact) mass is 414 g/mol. The lowest BCUT2D eigenvalue weighted by atomic mass is 9.76. The minimum absolute atomic E-state index is 0.208. The first-order valence-corrected chi connectivity index (χ1v) is 12.0. The molecule has 1 fully saturated rings. The van der Waals surface area contributed by atoms with Crippen LogP contribution in [0.25, 0.3) is 0 Å². The van der Waals surface area contributed by atoms with Gasteiger partial charge in [-0.05, 0) is 79.2 Å². The van der Waals surface area contributed by atoms with Gasteiger partial charge in [-0.1, -0.05) is 59.9 Å². The number of nitrogens with two attached hydrogens (primary N) is 1. The van der Waals surface area contributed by atoms with E-state index in [0.29, 0.717) is 5.92 Å². The number of benzene rings is 2. The molecule has 0 heterocycles. The summed E-state index contributed by atoms with van der Waals surface area (Å²) >= 11 is 8.34.